The van der Waals surface area contributed by atoms with Gasteiger partial charge in [0.15, 0.2) is 0 Å². The lowest BCUT2D eigenvalue weighted by Crippen LogP contribution is -2.48. The molecule has 1 aliphatic rings. The van der Waals surface area contributed by atoms with Gasteiger partial charge in [0.2, 0.25) is 0 Å². The van der Waals surface area contributed by atoms with Crippen molar-refractivity contribution in [2.24, 2.45) is 0 Å². The number of anilines is 1. The summed E-state index contributed by atoms with van der Waals surface area (Å²) in [5, 5.41) is 12.7. The summed E-state index contributed by atoms with van der Waals surface area (Å²) >= 11 is 12.6. The molecular formula is C30H40Cl2N4O2. The third-order valence-electron chi connectivity index (χ3n) is 7.44. The maximum atomic E-state index is 11.6. The molecule has 1 aliphatic heterocycles. The van der Waals surface area contributed by atoms with Gasteiger partial charge in [-0.2, -0.15) is 0 Å². The van der Waals surface area contributed by atoms with Crippen molar-refractivity contribution in [2.75, 3.05) is 37.7 Å². The second-order valence-corrected chi connectivity index (χ2v) is 11.4. The minimum atomic E-state index is -1.10. The second kappa shape index (κ2) is 13.7. The Morgan fingerprint density at radius 2 is 1.71 bits per heavy atom. The molecule has 38 heavy (non-hydrogen) atoms. The molecule has 1 fully saturated rings. The topological polar surface area (TPSA) is 53.8 Å². The van der Waals surface area contributed by atoms with Crippen LogP contribution in [0.3, 0.4) is 0 Å². The van der Waals surface area contributed by atoms with Gasteiger partial charge in [0.1, 0.15) is 11.4 Å². The van der Waals surface area contributed by atoms with Gasteiger partial charge in [0.05, 0.1) is 19.5 Å². The molecule has 4 rings (SSSR count). The van der Waals surface area contributed by atoms with Gasteiger partial charge in [0.25, 0.3) is 0 Å². The quantitative estimate of drug-likeness (QED) is 0.238. The maximum absolute atomic E-state index is 11.6. The van der Waals surface area contributed by atoms with Gasteiger partial charge in [-0.05, 0) is 63.1 Å². The van der Waals surface area contributed by atoms with E-state index >= 15 is 0 Å². The van der Waals surface area contributed by atoms with E-state index in [-0.39, 0.29) is 0 Å². The van der Waals surface area contributed by atoms with Crippen LogP contribution in [0.25, 0.3) is 0 Å². The van der Waals surface area contributed by atoms with Crippen LogP contribution in [-0.4, -0.2) is 58.4 Å². The van der Waals surface area contributed by atoms with E-state index in [4.69, 9.17) is 27.9 Å². The summed E-state index contributed by atoms with van der Waals surface area (Å²) in [4.78, 5) is 9.09. The Hall–Kier alpha value is -2.25. The van der Waals surface area contributed by atoms with Crippen molar-refractivity contribution >= 4 is 28.9 Å². The van der Waals surface area contributed by atoms with Gasteiger partial charge in [-0.15, -0.1) is 0 Å². The predicted octanol–water partition coefficient (Wildman–Crippen LogP) is 6.64. The first kappa shape index (κ1) is 28.8. The molecule has 3 aromatic rings. The Balaban J connectivity index is 1.19. The van der Waals surface area contributed by atoms with Crippen LogP contribution >= 0.6 is 23.2 Å². The highest BCUT2D eigenvalue weighted by molar-refractivity contribution is 6.35. The largest absolute Gasteiger partial charge is 0.494 e. The molecule has 0 radical (unpaired) electrons. The maximum Gasteiger partial charge on any atom is 0.119 e. The number of aromatic nitrogens is 2. The van der Waals surface area contributed by atoms with Crippen LogP contribution in [0.15, 0.2) is 61.2 Å². The highest BCUT2D eigenvalue weighted by Gasteiger charge is 2.31. The van der Waals surface area contributed by atoms with Gasteiger partial charge in [-0.3, -0.25) is 4.90 Å². The molecule has 206 valence electrons. The number of nitrogens with zero attached hydrogens (tertiary/aromatic N) is 4. The summed E-state index contributed by atoms with van der Waals surface area (Å²) < 4.78 is 7.88. The lowest BCUT2D eigenvalue weighted by Gasteiger charge is -2.38. The standard InChI is InChI=1S/C30H40Cl2N4O2/c1-24(2)35-16-18-36(19-17-35)26-8-10-27(11-9-26)38-20-6-4-3-5-13-30(37,22-34-15-14-33-23-34)28-12-7-25(31)21-29(28)32/h7-12,14-15,21,23-24,37H,3-6,13,16-20,22H2,1-2H3. The van der Waals surface area contributed by atoms with Crippen molar-refractivity contribution in [1.29, 1.82) is 0 Å². The van der Waals surface area contributed by atoms with Gasteiger partial charge in [-0.1, -0.05) is 48.5 Å². The number of halogens is 2. The summed E-state index contributed by atoms with van der Waals surface area (Å²) in [6.07, 6.45) is 9.77. The number of unbranched alkanes of at least 4 members (excludes halogenated alkanes) is 3. The first-order valence-corrected chi connectivity index (χ1v) is 14.5. The Kier molecular flexibility index (Phi) is 10.4. The zero-order chi connectivity index (χ0) is 27.0. The first-order chi connectivity index (χ1) is 18.3. The lowest BCUT2D eigenvalue weighted by atomic mass is 9.87. The molecule has 0 spiro atoms. The fraction of sp³-hybridized carbons (Fsp3) is 0.500. The van der Waals surface area contributed by atoms with Crippen LogP contribution in [0.1, 0.15) is 51.5 Å². The number of piperazine rings is 1. The van der Waals surface area contributed by atoms with Crippen molar-refractivity contribution in [3.63, 3.8) is 0 Å². The predicted molar refractivity (Wildman–Crippen MR) is 157 cm³/mol. The molecule has 1 aromatic heterocycles. The van der Waals surface area contributed by atoms with Crippen molar-refractivity contribution in [3.8, 4) is 5.75 Å². The Labute approximate surface area is 237 Å². The molecule has 0 aliphatic carbocycles. The van der Waals surface area contributed by atoms with Gasteiger partial charge in [0, 0.05) is 65.9 Å². The molecule has 0 amide bonds. The van der Waals surface area contributed by atoms with E-state index in [1.165, 1.54) is 5.69 Å². The normalized spacial score (nSPS) is 16.1. The van der Waals surface area contributed by atoms with Crippen molar-refractivity contribution in [3.05, 3.63) is 76.8 Å². The lowest BCUT2D eigenvalue weighted by molar-refractivity contribution is 0.00712. The molecule has 2 heterocycles. The van der Waals surface area contributed by atoms with Gasteiger partial charge >= 0.3 is 0 Å². The number of hydrogen-bond donors (Lipinski definition) is 1. The number of benzene rings is 2. The molecule has 0 bridgehead atoms. The van der Waals surface area contributed by atoms with Crippen molar-refractivity contribution < 1.29 is 9.84 Å². The van der Waals surface area contributed by atoms with Crippen LogP contribution in [0.4, 0.5) is 5.69 Å². The van der Waals surface area contributed by atoms with E-state index in [0.29, 0.717) is 41.2 Å². The average Bonchev–Trinajstić information content (AvgIpc) is 3.41. The number of imidazole rings is 1. The highest BCUT2D eigenvalue weighted by Crippen LogP contribution is 2.36. The third-order valence-corrected chi connectivity index (χ3v) is 7.98. The van der Waals surface area contributed by atoms with Crippen LogP contribution in [0, 0.1) is 0 Å². The Morgan fingerprint density at radius 3 is 2.37 bits per heavy atom. The van der Waals surface area contributed by atoms with E-state index in [0.717, 1.165) is 57.6 Å². The van der Waals surface area contributed by atoms with E-state index in [9.17, 15) is 5.11 Å². The van der Waals surface area contributed by atoms with Crippen LogP contribution < -0.4 is 9.64 Å². The molecule has 1 N–H and O–H groups in total. The molecule has 6 nitrogen and oxygen atoms in total. The second-order valence-electron chi connectivity index (χ2n) is 10.5. The fourth-order valence-electron chi connectivity index (χ4n) is 5.16. The molecule has 0 saturated carbocycles. The van der Waals surface area contributed by atoms with Gasteiger partial charge < -0.3 is 19.3 Å². The summed E-state index contributed by atoms with van der Waals surface area (Å²) in [6.45, 7) is 9.98. The third kappa shape index (κ3) is 7.89. The van der Waals surface area contributed by atoms with Crippen molar-refractivity contribution in [1.82, 2.24) is 14.5 Å². The SMILES string of the molecule is CC(C)N1CCN(c2ccc(OCCCCCCC(O)(Cn3ccnc3)c3ccc(Cl)cc3Cl)cc2)CC1. The number of hydrogen-bond acceptors (Lipinski definition) is 5. The number of aliphatic hydroxyl groups is 1. The van der Waals surface area contributed by atoms with E-state index in [1.54, 1.807) is 24.7 Å². The molecular weight excluding hydrogens is 519 g/mol. The van der Waals surface area contributed by atoms with Crippen LogP contribution in [0.5, 0.6) is 5.75 Å². The summed E-state index contributed by atoms with van der Waals surface area (Å²) in [5.74, 6) is 0.918. The molecule has 8 heteroatoms. The summed E-state index contributed by atoms with van der Waals surface area (Å²) in [5.41, 5.74) is 0.873. The summed E-state index contributed by atoms with van der Waals surface area (Å²) in [6, 6.07) is 14.4. The van der Waals surface area contributed by atoms with Crippen LogP contribution in [0.2, 0.25) is 10.0 Å². The average molecular weight is 560 g/mol. The summed E-state index contributed by atoms with van der Waals surface area (Å²) in [7, 11) is 0. The van der Waals surface area contributed by atoms with E-state index in [2.05, 4.69) is 52.9 Å². The highest BCUT2D eigenvalue weighted by atomic mass is 35.5. The minimum Gasteiger partial charge on any atom is -0.494 e. The Morgan fingerprint density at radius 1 is 0.974 bits per heavy atom. The monoisotopic (exact) mass is 558 g/mol. The van der Waals surface area contributed by atoms with E-state index < -0.39 is 5.60 Å². The fourth-order valence-corrected chi connectivity index (χ4v) is 5.75. The molecule has 1 atom stereocenters. The zero-order valence-electron chi connectivity index (χ0n) is 22.5. The first-order valence-electron chi connectivity index (χ1n) is 13.7. The minimum absolute atomic E-state index is 0.390. The molecule has 2 aromatic carbocycles. The van der Waals surface area contributed by atoms with Crippen molar-refractivity contribution in [2.45, 2.75) is 64.1 Å². The number of ether oxygens (including phenoxy) is 1. The van der Waals surface area contributed by atoms with E-state index in [1.807, 2.05) is 16.8 Å². The number of rotatable bonds is 13. The van der Waals surface area contributed by atoms with Crippen LogP contribution in [-0.2, 0) is 12.1 Å². The Bertz CT molecular complexity index is 1120. The smallest absolute Gasteiger partial charge is 0.119 e. The zero-order valence-corrected chi connectivity index (χ0v) is 24.0. The molecule has 1 unspecified atom stereocenters. The molecule has 1 saturated heterocycles. The van der Waals surface area contributed by atoms with Gasteiger partial charge in [-0.25, -0.2) is 4.98 Å².